The molecule has 60 valence electrons. The summed E-state index contributed by atoms with van der Waals surface area (Å²) in [6, 6.07) is 2.55. The number of thiophene rings is 1. The summed E-state index contributed by atoms with van der Waals surface area (Å²) in [5.41, 5.74) is 0. The van der Waals surface area contributed by atoms with Gasteiger partial charge in [0.05, 0.1) is 0 Å². The molecule has 2 radical (unpaired) electrons. The van der Waals surface area contributed by atoms with Gasteiger partial charge in [-0.3, -0.25) is 0 Å². The van der Waals surface area contributed by atoms with Crippen LogP contribution in [0.3, 0.4) is 0 Å². The van der Waals surface area contributed by atoms with E-state index < -0.39 is 11.9 Å². The predicted molar refractivity (Wildman–Crippen MR) is 49.7 cm³/mol. The Kier molecular flexibility index (Phi) is 8.66. The number of hydrogen-bond donors (Lipinski definition) is 2. The molecular weight excluding hydrogens is 214 g/mol. The molecule has 0 aliphatic heterocycles. The van der Waals surface area contributed by atoms with Crippen LogP contribution in [0.1, 0.15) is 19.3 Å². The summed E-state index contributed by atoms with van der Waals surface area (Å²) in [6.45, 7) is 0. The van der Waals surface area contributed by atoms with Crippen molar-refractivity contribution in [3.05, 3.63) is 21.9 Å². The molecule has 1 rings (SSSR count). The maximum absolute atomic E-state index is 10.3. The van der Waals surface area contributed by atoms with E-state index in [-0.39, 0.29) is 68.9 Å². The molecule has 2 N–H and O–H groups in total. The van der Waals surface area contributed by atoms with Gasteiger partial charge in [-0.15, -0.1) is 11.3 Å². The Labute approximate surface area is 123 Å². The van der Waals surface area contributed by atoms with E-state index in [4.69, 9.17) is 10.2 Å². The zero-order valence-electron chi connectivity index (χ0n) is 7.27. The van der Waals surface area contributed by atoms with Crippen LogP contribution in [0.25, 0.3) is 0 Å². The van der Waals surface area contributed by atoms with Gasteiger partial charge < -0.3 is 10.2 Å². The first-order valence-electron chi connectivity index (χ1n) is 2.67. The van der Waals surface area contributed by atoms with Gasteiger partial charge in [0.1, 0.15) is 9.75 Å². The molecule has 0 aliphatic carbocycles. The third kappa shape index (κ3) is 4.60. The van der Waals surface area contributed by atoms with Crippen molar-refractivity contribution in [2.75, 3.05) is 0 Å². The third-order valence-electron chi connectivity index (χ3n) is 1.03. The Morgan fingerprint density at radius 3 is 1.46 bits per heavy atom. The zero-order valence-corrected chi connectivity index (χ0v) is 12.1. The molecule has 1 aromatic heterocycles. The largest absolute Gasteiger partial charge is 0.477 e. The van der Waals surface area contributed by atoms with Crippen LogP contribution in [0.2, 0.25) is 0 Å². The Morgan fingerprint density at radius 1 is 1.00 bits per heavy atom. The number of hydrogen-bond acceptors (Lipinski definition) is 3. The second-order valence-corrected chi connectivity index (χ2v) is 2.86. The summed E-state index contributed by atoms with van der Waals surface area (Å²) in [4.78, 5) is 20.6. The molecule has 7 heteroatoms. The van der Waals surface area contributed by atoms with Crippen LogP contribution >= 0.6 is 11.3 Å². The first-order chi connectivity index (χ1) is 5.11. The standard InChI is InChI=1S/C6H4O4S.2Na/c7-5(8)3-1-2-4(11-3)6(9)10;;/h1-2H,(H,7,8)(H,9,10);;. The molecular formula is C6H4Na2O4S. The first-order valence-corrected chi connectivity index (χ1v) is 3.49. The number of rotatable bonds is 2. The quantitative estimate of drug-likeness (QED) is 0.704. The minimum absolute atomic E-state index is 0. The summed E-state index contributed by atoms with van der Waals surface area (Å²) < 4.78 is 0. The van der Waals surface area contributed by atoms with Gasteiger partial charge in [0, 0.05) is 59.1 Å². The topological polar surface area (TPSA) is 74.6 Å². The molecule has 0 saturated carbocycles. The van der Waals surface area contributed by atoms with Gasteiger partial charge in [0.2, 0.25) is 0 Å². The molecule has 0 unspecified atom stereocenters. The maximum atomic E-state index is 10.3. The summed E-state index contributed by atoms with van der Waals surface area (Å²) in [6.07, 6.45) is 0. The van der Waals surface area contributed by atoms with Crippen LogP contribution in [0.4, 0.5) is 0 Å². The van der Waals surface area contributed by atoms with Crippen molar-refractivity contribution in [3.8, 4) is 0 Å². The average Bonchev–Trinajstić information content (AvgIpc) is 2.33. The van der Waals surface area contributed by atoms with Gasteiger partial charge in [-0.25, -0.2) is 9.59 Å². The van der Waals surface area contributed by atoms with Crippen LogP contribution in [0, 0.1) is 0 Å². The fourth-order valence-electron chi connectivity index (χ4n) is 0.568. The molecule has 1 heterocycles. The van der Waals surface area contributed by atoms with Crippen LogP contribution < -0.4 is 0 Å². The second-order valence-electron chi connectivity index (χ2n) is 1.77. The zero-order chi connectivity index (χ0) is 8.43. The van der Waals surface area contributed by atoms with Gasteiger partial charge in [-0.2, -0.15) is 0 Å². The average molecular weight is 218 g/mol. The Balaban J connectivity index is 0. The summed E-state index contributed by atoms with van der Waals surface area (Å²) >= 11 is 0.750. The van der Waals surface area contributed by atoms with E-state index in [2.05, 4.69) is 0 Å². The van der Waals surface area contributed by atoms with Gasteiger partial charge >= 0.3 is 11.9 Å². The molecule has 0 bridgehead atoms. The molecule has 13 heavy (non-hydrogen) atoms. The number of carboxylic acids is 2. The normalized spacial score (nSPS) is 8.00. The number of carboxylic acid groups (broad SMARTS) is 2. The van der Waals surface area contributed by atoms with E-state index in [0.717, 1.165) is 11.3 Å². The summed E-state index contributed by atoms with van der Waals surface area (Å²) in [7, 11) is 0. The predicted octanol–water partition coefficient (Wildman–Crippen LogP) is 0.383. The second kappa shape index (κ2) is 7.00. The maximum Gasteiger partial charge on any atom is 0.345 e. The minimum Gasteiger partial charge on any atom is -0.477 e. The van der Waals surface area contributed by atoms with E-state index in [1.165, 1.54) is 12.1 Å². The Morgan fingerprint density at radius 2 is 1.31 bits per heavy atom. The molecule has 0 spiro atoms. The van der Waals surface area contributed by atoms with Gasteiger partial charge in [0.15, 0.2) is 0 Å². The van der Waals surface area contributed by atoms with Gasteiger partial charge in [-0.05, 0) is 12.1 Å². The third-order valence-corrected chi connectivity index (χ3v) is 2.09. The van der Waals surface area contributed by atoms with Crippen LogP contribution in [0.15, 0.2) is 12.1 Å². The fourth-order valence-corrected chi connectivity index (χ4v) is 1.25. The molecule has 0 aliphatic rings. The van der Waals surface area contributed by atoms with Crippen molar-refractivity contribution in [1.82, 2.24) is 0 Å². The summed E-state index contributed by atoms with van der Waals surface area (Å²) in [5, 5.41) is 16.8. The molecule has 0 saturated heterocycles. The van der Waals surface area contributed by atoms with E-state index in [1.54, 1.807) is 0 Å². The Bertz CT molecular complexity index is 281. The van der Waals surface area contributed by atoms with Crippen molar-refractivity contribution in [3.63, 3.8) is 0 Å². The number of carbonyl (C=O) groups is 2. The van der Waals surface area contributed by atoms with Crippen LogP contribution in [-0.2, 0) is 0 Å². The van der Waals surface area contributed by atoms with Gasteiger partial charge in [-0.1, -0.05) is 0 Å². The van der Waals surface area contributed by atoms with Crippen LogP contribution in [-0.4, -0.2) is 81.3 Å². The van der Waals surface area contributed by atoms with E-state index in [0.29, 0.717) is 0 Å². The van der Waals surface area contributed by atoms with E-state index >= 15 is 0 Å². The smallest absolute Gasteiger partial charge is 0.345 e. The van der Waals surface area contributed by atoms with Crippen molar-refractivity contribution >= 4 is 82.4 Å². The number of aromatic carboxylic acids is 2. The van der Waals surface area contributed by atoms with Crippen LogP contribution in [0.5, 0.6) is 0 Å². The minimum atomic E-state index is -1.09. The van der Waals surface area contributed by atoms with Gasteiger partial charge in [0.25, 0.3) is 0 Å². The fraction of sp³-hybridized carbons (Fsp3) is 0. The molecule has 1 aromatic rings. The molecule has 4 nitrogen and oxygen atoms in total. The van der Waals surface area contributed by atoms with E-state index in [9.17, 15) is 9.59 Å². The molecule has 0 aromatic carbocycles. The SMILES string of the molecule is O=C(O)c1ccc(C(=O)O)s1.[Na].[Na]. The molecule has 0 atom stereocenters. The van der Waals surface area contributed by atoms with Crippen molar-refractivity contribution in [2.45, 2.75) is 0 Å². The van der Waals surface area contributed by atoms with Crippen molar-refractivity contribution in [2.24, 2.45) is 0 Å². The van der Waals surface area contributed by atoms with E-state index in [1.807, 2.05) is 0 Å². The van der Waals surface area contributed by atoms with Crippen molar-refractivity contribution in [1.29, 1.82) is 0 Å². The molecule has 0 fully saturated rings. The monoisotopic (exact) mass is 218 g/mol. The van der Waals surface area contributed by atoms with Crippen molar-refractivity contribution < 1.29 is 19.8 Å². The Hall–Kier alpha value is 0.640. The molecule has 0 amide bonds. The first kappa shape index (κ1) is 16.1. The summed E-state index contributed by atoms with van der Waals surface area (Å²) in [5.74, 6) is -2.19.